The first kappa shape index (κ1) is 14.4. The van der Waals surface area contributed by atoms with E-state index < -0.39 is 5.25 Å². The standard InChI is InChI=1S/C11H17NO3S2/c1-3-5-6-12-10(14)8(17-11(12)16)7-9(13)15-4-2/h8H,3-7H2,1-2H3/t8-/m0/s1. The van der Waals surface area contributed by atoms with Crippen molar-refractivity contribution in [2.75, 3.05) is 13.2 Å². The van der Waals surface area contributed by atoms with Gasteiger partial charge in [0.15, 0.2) is 0 Å². The minimum Gasteiger partial charge on any atom is -0.466 e. The van der Waals surface area contributed by atoms with Gasteiger partial charge in [0.25, 0.3) is 0 Å². The van der Waals surface area contributed by atoms with Crippen molar-refractivity contribution in [3.63, 3.8) is 0 Å². The molecule has 0 N–H and O–H groups in total. The molecule has 1 heterocycles. The van der Waals surface area contributed by atoms with Crippen molar-refractivity contribution in [1.82, 2.24) is 4.90 Å². The lowest BCUT2D eigenvalue weighted by atomic mass is 10.2. The van der Waals surface area contributed by atoms with Crippen LogP contribution in [0.3, 0.4) is 0 Å². The summed E-state index contributed by atoms with van der Waals surface area (Å²) < 4.78 is 5.42. The quantitative estimate of drug-likeness (QED) is 0.548. The highest BCUT2D eigenvalue weighted by molar-refractivity contribution is 8.24. The van der Waals surface area contributed by atoms with Crippen LogP contribution in [0.5, 0.6) is 0 Å². The van der Waals surface area contributed by atoms with E-state index in [0.717, 1.165) is 12.8 Å². The fraction of sp³-hybridized carbons (Fsp3) is 0.727. The molecule has 1 rings (SSSR count). The predicted molar refractivity (Wildman–Crippen MR) is 71.8 cm³/mol. The number of thiocarbonyl (C=S) groups is 1. The Morgan fingerprint density at radius 1 is 1.53 bits per heavy atom. The Bertz CT molecular complexity index is 320. The topological polar surface area (TPSA) is 46.6 Å². The number of ether oxygens (including phenoxy) is 1. The van der Waals surface area contributed by atoms with Crippen molar-refractivity contribution in [1.29, 1.82) is 0 Å². The van der Waals surface area contributed by atoms with Crippen LogP contribution in [-0.2, 0) is 14.3 Å². The molecule has 96 valence electrons. The summed E-state index contributed by atoms with van der Waals surface area (Å²) >= 11 is 6.43. The van der Waals surface area contributed by atoms with Gasteiger partial charge in [-0.15, -0.1) is 0 Å². The number of thioether (sulfide) groups is 1. The average Bonchev–Trinajstić information content (AvgIpc) is 2.52. The number of amides is 1. The number of carbonyl (C=O) groups is 2. The third kappa shape index (κ3) is 3.96. The van der Waals surface area contributed by atoms with Crippen LogP contribution in [0, 0.1) is 0 Å². The number of esters is 1. The number of hydrogen-bond acceptors (Lipinski definition) is 5. The van der Waals surface area contributed by atoms with Gasteiger partial charge in [0.05, 0.1) is 13.0 Å². The Morgan fingerprint density at radius 2 is 2.24 bits per heavy atom. The van der Waals surface area contributed by atoms with Crippen LogP contribution in [0.15, 0.2) is 0 Å². The summed E-state index contributed by atoms with van der Waals surface area (Å²) in [6, 6.07) is 0. The van der Waals surface area contributed by atoms with Gasteiger partial charge in [0, 0.05) is 6.54 Å². The van der Waals surface area contributed by atoms with E-state index >= 15 is 0 Å². The van der Waals surface area contributed by atoms with Gasteiger partial charge in [-0.2, -0.15) is 0 Å². The van der Waals surface area contributed by atoms with Gasteiger partial charge < -0.3 is 4.74 Å². The highest BCUT2D eigenvalue weighted by Crippen LogP contribution is 2.30. The van der Waals surface area contributed by atoms with Gasteiger partial charge >= 0.3 is 5.97 Å². The Balaban J connectivity index is 2.52. The zero-order valence-electron chi connectivity index (χ0n) is 10.1. The van der Waals surface area contributed by atoms with E-state index in [0.29, 0.717) is 17.5 Å². The molecular formula is C11H17NO3S2. The van der Waals surface area contributed by atoms with Crippen molar-refractivity contribution in [2.24, 2.45) is 0 Å². The number of nitrogens with zero attached hydrogens (tertiary/aromatic N) is 1. The molecule has 1 amide bonds. The monoisotopic (exact) mass is 275 g/mol. The lowest BCUT2D eigenvalue weighted by Gasteiger charge is -2.14. The van der Waals surface area contributed by atoms with Crippen molar-refractivity contribution >= 4 is 40.2 Å². The zero-order valence-corrected chi connectivity index (χ0v) is 11.7. The average molecular weight is 275 g/mol. The fourth-order valence-corrected chi connectivity index (χ4v) is 3.05. The lowest BCUT2D eigenvalue weighted by molar-refractivity contribution is -0.144. The Kier molecular flexibility index (Phi) is 5.91. The van der Waals surface area contributed by atoms with E-state index in [1.54, 1.807) is 11.8 Å². The summed E-state index contributed by atoms with van der Waals surface area (Å²) in [5.41, 5.74) is 0. The first-order chi connectivity index (χ1) is 8.10. The Labute approximate surface area is 111 Å². The van der Waals surface area contributed by atoms with Gasteiger partial charge in [-0.3, -0.25) is 14.5 Å². The van der Waals surface area contributed by atoms with Gasteiger partial charge in [0.2, 0.25) is 5.91 Å². The van der Waals surface area contributed by atoms with Crippen LogP contribution >= 0.6 is 24.0 Å². The SMILES string of the molecule is CCCCN1C(=O)[C@H](CC(=O)OCC)SC1=S. The van der Waals surface area contributed by atoms with Crippen LogP contribution in [0.4, 0.5) is 0 Å². The van der Waals surface area contributed by atoms with Crippen molar-refractivity contribution in [3.05, 3.63) is 0 Å². The smallest absolute Gasteiger partial charge is 0.307 e. The van der Waals surface area contributed by atoms with E-state index in [4.69, 9.17) is 17.0 Å². The maximum absolute atomic E-state index is 12.0. The minimum absolute atomic E-state index is 0.0542. The molecule has 1 fully saturated rings. The van der Waals surface area contributed by atoms with Gasteiger partial charge in [-0.05, 0) is 13.3 Å². The maximum atomic E-state index is 12.0. The molecule has 0 unspecified atom stereocenters. The molecule has 0 bridgehead atoms. The molecule has 1 aliphatic heterocycles. The number of rotatable bonds is 6. The highest BCUT2D eigenvalue weighted by atomic mass is 32.2. The first-order valence-electron chi connectivity index (χ1n) is 5.77. The third-order valence-corrected chi connectivity index (χ3v) is 3.98. The van der Waals surface area contributed by atoms with E-state index in [2.05, 4.69) is 6.92 Å². The number of carbonyl (C=O) groups excluding carboxylic acids is 2. The molecule has 1 saturated heterocycles. The van der Waals surface area contributed by atoms with Crippen molar-refractivity contribution in [3.8, 4) is 0 Å². The highest BCUT2D eigenvalue weighted by Gasteiger charge is 2.37. The molecule has 0 spiro atoms. The lowest BCUT2D eigenvalue weighted by Crippen LogP contribution is -2.33. The summed E-state index contributed by atoms with van der Waals surface area (Å²) in [6.45, 7) is 4.81. The molecule has 0 aromatic carbocycles. The first-order valence-corrected chi connectivity index (χ1v) is 7.06. The molecule has 0 aliphatic carbocycles. The molecule has 1 atom stereocenters. The second-order valence-corrected chi connectivity index (χ2v) is 5.56. The Hall–Kier alpha value is -0.620. The van der Waals surface area contributed by atoms with Crippen molar-refractivity contribution < 1.29 is 14.3 Å². The van der Waals surface area contributed by atoms with E-state index in [1.165, 1.54) is 11.8 Å². The van der Waals surface area contributed by atoms with Crippen LogP contribution in [0.1, 0.15) is 33.1 Å². The summed E-state index contributed by atoms with van der Waals surface area (Å²) in [7, 11) is 0. The Morgan fingerprint density at radius 3 is 2.82 bits per heavy atom. The number of hydrogen-bond donors (Lipinski definition) is 0. The normalized spacial score (nSPS) is 19.9. The van der Waals surface area contributed by atoms with Gasteiger partial charge in [0.1, 0.15) is 9.57 Å². The molecular weight excluding hydrogens is 258 g/mol. The molecule has 0 radical (unpaired) electrons. The molecule has 4 nitrogen and oxygen atoms in total. The summed E-state index contributed by atoms with van der Waals surface area (Å²) in [5.74, 6) is -0.389. The van der Waals surface area contributed by atoms with E-state index in [1.807, 2.05) is 0 Å². The largest absolute Gasteiger partial charge is 0.466 e. The van der Waals surface area contributed by atoms with E-state index in [9.17, 15) is 9.59 Å². The summed E-state index contributed by atoms with van der Waals surface area (Å²) in [6.07, 6.45) is 2.05. The molecule has 0 aromatic rings. The molecule has 1 aliphatic rings. The molecule has 0 aromatic heterocycles. The van der Waals surface area contributed by atoms with Gasteiger partial charge in [-0.1, -0.05) is 37.3 Å². The van der Waals surface area contributed by atoms with Crippen molar-refractivity contribution in [2.45, 2.75) is 38.4 Å². The molecule has 17 heavy (non-hydrogen) atoms. The fourth-order valence-electron chi connectivity index (χ4n) is 1.52. The van der Waals surface area contributed by atoms with Gasteiger partial charge in [-0.25, -0.2) is 0 Å². The molecule has 0 saturated carbocycles. The van der Waals surface area contributed by atoms with Crippen LogP contribution in [-0.4, -0.2) is 39.5 Å². The number of unbranched alkanes of at least 4 members (excludes halogenated alkanes) is 1. The van der Waals surface area contributed by atoms with E-state index in [-0.39, 0.29) is 18.3 Å². The zero-order chi connectivity index (χ0) is 12.8. The van der Waals surface area contributed by atoms with Crippen LogP contribution < -0.4 is 0 Å². The van der Waals surface area contributed by atoms with Crippen LogP contribution in [0.2, 0.25) is 0 Å². The molecule has 6 heteroatoms. The minimum atomic E-state index is -0.390. The summed E-state index contributed by atoms with van der Waals surface area (Å²) in [5, 5.41) is -0.390. The second kappa shape index (κ2) is 6.96. The maximum Gasteiger partial charge on any atom is 0.307 e. The third-order valence-electron chi connectivity index (χ3n) is 2.40. The second-order valence-electron chi connectivity index (χ2n) is 3.72. The van der Waals surface area contributed by atoms with Crippen LogP contribution in [0.25, 0.3) is 0 Å². The predicted octanol–water partition coefficient (Wildman–Crippen LogP) is 1.97. The summed E-state index contributed by atoms with van der Waals surface area (Å²) in [4.78, 5) is 24.9.